The number of hydrogen-bond donors (Lipinski definition) is 3. The van der Waals surface area contributed by atoms with Crippen molar-refractivity contribution in [3.8, 4) is 0 Å². The molecular formula is C6H11NO3. The average molecular weight is 145 g/mol. The van der Waals surface area contributed by atoms with Gasteiger partial charge in [0.15, 0.2) is 0 Å². The van der Waals surface area contributed by atoms with E-state index in [0.29, 0.717) is 5.92 Å². The predicted octanol–water partition coefficient (Wildman–Crippen LogP) is 0.0249. The highest BCUT2D eigenvalue weighted by atomic mass is 16.4. The van der Waals surface area contributed by atoms with Crippen molar-refractivity contribution in [2.24, 2.45) is 5.92 Å². The Morgan fingerprint density at radius 3 is 2.60 bits per heavy atom. The molecule has 0 bridgehead atoms. The second-order valence-corrected chi connectivity index (χ2v) is 2.67. The standard InChI is InChI=1S/C6H11NO3/c8-3-4-1-5(2-4)7-6(9)10/h4-5,7-8H,1-3H2,(H,9,10)/t4-,5-. The van der Waals surface area contributed by atoms with Gasteiger partial charge in [-0.05, 0) is 18.8 Å². The summed E-state index contributed by atoms with van der Waals surface area (Å²) in [4.78, 5) is 10.0. The average Bonchev–Trinajstić information content (AvgIpc) is 1.76. The van der Waals surface area contributed by atoms with E-state index in [1.165, 1.54) is 0 Å². The van der Waals surface area contributed by atoms with E-state index in [1.807, 2.05) is 0 Å². The number of nitrogens with one attached hydrogen (secondary N) is 1. The first-order chi connectivity index (χ1) is 4.72. The quantitative estimate of drug-likeness (QED) is 0.513. The first-order valence-electron chi connectivity index (χ1n) is 3.32. The van der Waals surface area contributed by atoms with Crippen LogP contribution >= 0.6 is 0 Å². The third-order valence-corrected chi connectivity index (χ3v) is 1.82. The van der Waals surface area contributed by atoms with Gasteiger partial charge in [-0.25, -0.2) is 4.79 Å². The minimum atomic E-state index is -0.971. The predicted molar refractivity (Wildman–Crippen MR) is 34.8 cm³/mol. The van der Waals surface area contributed by atoms with Gasteiger partial charge in [0.2, 0.25) is 0 Å². The largest absolute Gasteiger partial charge is 0.465 e. The van der Waals surface area contributed by atoms with Crippen LogP contribution < -0.4 is 5.32 Å². The van der Waals surface area contributed by atoms with Crippen LogP contribution in [0.2, 0.25) is 0 Å². The van der Waals surface area contributed by atoms with Crippen LogP contribution in [0.3, 0.4) is 0 Å². The highest BCUT2D eigenvalue weighted by Crippen LogP contribution is 2.26. The van der Waals surface area contributed by atoms with Crippen LogP contribution in [0.5, 0.6) is 0 Å². The Morgan fingerprint density at radius 2 is 2.20 bits per heavy atom. The smallest absolute Gasteiger partial charge is 0.404 e. The van der Waals surface area contributed by atoms with Gasteiger partial charge in [-0.2, -0.15) is 0 Å². The molecule has 4 heteroatoms. The Labute approximate surface area is 58.9 Å². The molecule has 0 unspecified atom stereocenters. The second kappa shape index (κ2) is 2.88. The molecular weight excluding hydrogens is 134 g/mol. The number of aliphatic hydroxyl groups excluding tert-OH is 1. The molecule has 58 valence electrons. The molecule has 0 atom stereocenters. The highest BCUT2D eigenvalue weighted by Gasteiger charge is 2.29. The Hall–Kier alpha value is -0.770. The molecule has 1 saturated carbocycles. The fourth-order valence-electron chi connectivity index (χ4n) is 1.18. The zero-order valence-electron chi connectivity index (χ0n) is 5.58. The zero-order chi connectivity index (χ0) is 7.56. The molecule has 10 heavy (non-hydrogen) atoms. The SMILES string of the molecule is O=C(O)N[C@H]1C[C@H](CO)C1. The lowest BCUT2D eigenvalue weighted by Crippen LogP contribution is -2.44. The van der Waals surface area contributed by atoms with Crippen LogP contribution in [0, 0.1) is 5.92 Å². The molecule has 0 aromatic rings. The normalized spacial score (nSPS) is 30.9. The first kappa shape index (κ1) is 7.34. The summed E-state index contributed by atoms with van der Waals surface area (Å²) in [7, 11) is 0. The van der Waals surface area contributed by atoms with Crippen molar-refractivity contribution in [1.29, 1.82) is 0 Å². The second-order valence-electron chi connectivity index (χ2n) is 2.67. The summed E-state index contributed by atoms with van der Waals surface area (Å²) >= 11 is 0. The van der Waals surface area contributed by atoms with Crippen LogP contribution in [0.4, 0.5) is 4.79 Å². The van der Waals surface area contributed by atoms with E-state index in [0.717, 1.165) is 12.8 Å². The Morgan fingerprint density at radius 1 is 1.60 bits per heavy atom. The molecule has 1 aliphatic carbocycles. The van der Waals surface area contributed by atoms with Crippen molar-refractivity contribution >= 4 is 6.09 Å². The van der Waals surface area contributed by atoms with Crippen molar-refractivity contribution in [3.05, 3.63) is 0 Å². The minimum absolute atomic E-state index is 0.0784. The van der Waals surface area contributed by atoms with E-state index in [1.54, 1.807) is 0 Å². The third-order valence-electron chi connectivity index (χ3n) is 1.82. The molecule has 0 aliphatic heterocycles. The number of carboxylic acid groups (broad SMARTS) is 1. The Kier molecular flexibility index (Phi) is 2.11. The lowest BCUT2D eigenvalue weighted by atomic mass is 9.81. The van der Waals surface area contributed by atoms with Gasteiger partial charge >= 0.3 is 6.09 Å². The van der Waals surface area contributed by atoms with Gasteiger partial charge in [-0.3, -0.25) is 0 Å². The van der Waals surface area contributed by atoms with Crippen LogP contribution in [-0.4, -0.2) is 29.0 Å². The van der Waals surface area contributed by atoms with Gasteiger partial charge < -0.3 is 15.5 Å². The van der Waals surface area contributed by atoms with E-state index >= 15 is 0 Å². The van der Waals surface area contributed by atoms with E-state index in [2.05, 4.69) is 5.32 Å². The van der Waals surface area contributed by atoms with Gasteiger partial charge in [0, 0.05) is 12.6 Å². The Balaban J connectivity index is 2.08. The van der Waals surface area contributed by atoms with Crippen molar-refractivity contribution in [2.45, 2.75) is 18.9 Å². The summed E-state index contributed by atoms with van der Waals surface area (Å²) in [5.41, 5.74) is 0. The molecule has 1 fully saturated rings. The molecule has 1 aliphatic rings. The maximum Gasteiger partial charge on any atom is 0.404 e. The maximum absolute atomic E-state index is 10.0. The van der Waals surface area contributed by atoms with Crippen LogP contribution in [-0.2, 0) is 0 Å². The van der Waals surface area contributed by atoms with E-state index in [-0.39, 0.29) is 12.6 Å². The molecule has 0 spiro atoms. The zero-order valence-corrected chi connectivity index (χ0v) is 5.58. The molecule has 0 aromatic carbocycles. The summed E-state index contributed by atoms with van der Waals surface area (Å²) in [5.74, 6) is 0.317. The van der Waals surface area contributed by atoms with Crippen molar-refractivity contribution < 1.29 is 15.0 Å². The van der Waals surface area contributed by atoms with E-state index < -0.39 is 6.09 Å². The van der Waals surface area contributed by atoms with Gasteiger partial charge in [-0.1, -0.05) is 0 Å². The van der Waals surface area contributed by atoms with Gasteiger partial charge in [0.1, 0.15) is 0 Å². The number of carbonyl (C=O) groups is 1. The fourth-order valence-corrected chi connectivity index (χ4v) is 1.18. The number of hydrogen-bond acceptors (Lipinski definition) is 2. The molecule has 3 N–H and O–H groups in total. The molecule has 0 radical (unpaired) electrons. The fraction of sp³-hybridized carbons (Fsp3) is 0.833. The lowest BCUT2D eigenvalue weighted by molar-refractivity contribution is 0.120. The third kappa shape index (κ3) is 1.60. The minimum Gasteiger partial charge on any atom is -0.465 e. The van der Waals surface area contributed by atoms with Crippen LogP contribution in [0.15, 0.2) is 0 Å². The highest BCUT2D eigenvalue weighted by molar-refractivity contribution is 5.64. The molecule has 1 amide bonds. The molecule has 0 saturated heterocycles. The number of amides is 1. The van der Waals surface area contributed by atoms with E-state index in [4.69, 9.17) is 10.2 Å². The summed E-state index contributed by atoms with van der Waals surface area (Å²) in [5, 5.41) is 19.1. The summed E-state index contributed by atoms with van der Waals surface area (Å²) in [6.45, 7) is 0.178. The summed E-state index contributed by atoms with van der Waals surface area (Å²) in [6, 6.07) is 0.0784. The van der Waals surface area contributed by atoms with Crippen LogP contribution in [0.25, 0.3) is 0 Å². The van der Waals surface area contributed by atoms with Crippen molar-refractivity contribution in [2.75, 3.05) is 6.61 Å². The van der Waals surface area contributed by atoms with E-state index in [9.17, 15) is 4.79 Å². The molecule has 0 aromatic heterocycles. The molecule has 1 rings (SSSR count). The summed E-state index contributed by atoms with van der Waals surface area (Å²) in [6.07, 6.45) is 0.590. The summed E-state index contributed by atoms with van der Waals surface area (Å²) < 4.78 is 0. The van der Waals surface area contributed by atoms with Gasteiger partial charge in [0.05, 0.1) is 0 Å². The number of aliphatic hydroxyl groups is 1. The van der Waals surface area contributed by atoms with Gasteiger partial charge in [-0.15, -0.1) is 0 Å². The van der Waals surface area contributed by atoms with Crippen molar-refractivity contribution in [1.82, 2.24) is 5.32 Å². The Bertz CT molecular complexity index is 131. The lowest BCUT2D eigenvalue weighted by Gasteiger charge is -2.33. The van der Waals surface area contributed by atoms with Crippen LogP contribution in [0.1, 0.15) is 12.8 Å². The van der Waals surface area contributed by atoms with Crippen molar-refractivity contribution in [3.63, 3.8) is 0 Å². The molecule has 0 heterocycles. The van der Waals surface area contributed by atoms with Gasteiger partial charge in [0.25, 0.3) is 0 Å². The molecule has 4 nitrogen and oxygen atoms in total. The number of rotatable bonds is 2. The first-order valence-corrected chi connectivity index (χ1v) is 3.32. The maximum atomic E-state index is 10.0. The monoisotopic (exact) mass is 145 g/mol. The topological polar surface area (TPSA) is 69.6 Å².